The highest BCUT2D eigenvalue weighted by atomic mass is 35.5. The Balaban J connectivity index is 0.832. The van der Waals surface area contributed by atoms with E-state index in [4.69, 9.17) is 21.1 Å². The average molecular weight is 916 g/mol. The highest BCUT2D eigenvalue weighted by Crippen LogP contribution is 2.38. The highest BCUT2D eigenvalue weighted by molar-refractivity contribution is 7.92. The van der Waals surface area contributed by atoms with Gasteiger partial charge < -0.3 is 34.8 Å². The topological polar surface area (TPSA) is 182 Å². The van der Waals surface area contributed by atoms with Crippen molar-refractivity contribution in [2.45, 2.75) is 57.7 Å². The van der Waals surface area contributed by atoms with E-state index in [1.54, 1.807) is 30.2 Å². The number of aromatic nitrogens is 2. The predicted molar refractivity (Wildman–Crippen MR) is 247 cm³/mol. The van der Waals surface area contributed by atoms with E-state index in [2.05, 4.69) is 59.7 Å². The molecule has 8 rings (SSSR count). The minimum Gasteiger partial charge on any atom is -0.497 e. The molecule has 64 heavy (non-hydrogen) atoms. The molecule has 4 aromatic rings. The molecule has 3 N–H and O–H groups in total. The van der Waals surface area contributed by atoms with Crippen LogP contribution in [-0.2, 0) is 32.6 Å². The Kier molecular flexibility index (Phi) is 13.2. The van der Waals surface area contributed by atoms with Crippen LogP contribution in [-0.4, -0.2) is 136 Å². The zero-order valence-corrected chi connectivity index (χ0v) is 38.4. The minimum absolute atomic E-state index is 0.139. The summed E-state index contributed by atoms with van der Waals surface area (Å²) in [4.78, 5) is 55.5. The van der Waals surface area contributed by atoms with Gasteiger partial charge in [-0.3, -0.25) is 28.9 Å². The van der Waals surface area contributed by atoms with Gasteiger partial charge in [-0.15, -0.1) is 0 Å². The summed E-state index contributed by atoms with van der Waals surface area (Å²) in [6.07, 6.45) is 6.23. The lowest BCUT2D eigenvalue weighted by molar-refractivity contribution is -0.136. The van der Waals surface area contributed by atoms with E-state index in [0.29, 0.717) is 53.1 Å². The molecule has 3 saturated heterocycles. The van der Waals surface area contributed by atoms with Crippen LogP contribution in [0.2, 0.25) is 5.02 Å². The molecule has 3 aromatic carbocycles. The van der Waals surface area contributed by atoms with E-state index in [-0.39, 0.29) is 40.9 Å². The maximum absolute atomic E-state index is 13.1. The van der Waals surface area contributed by atoms with Crippen LogP contribution in [0.3, 0.4) is 0 Å². The SMILES string of the molecule is COc1ccc(Nc2nc(Nc3cc(C)c(N4CCC(N5CCN(CCc6ccc7c(c6)CN(C6CCC(=O)NC6=O)C7=O)CC5)CC4)cc3OC)ncc2Cl)c(N(C)S(C)(=O)=O)c1. The minimum atomic E-state index is -3.59. The number of imide groups is 1. The molecule has 0 aliphatic carbocycles. The summed E-state index contributed by atoms with van der Waals surface area (Å²) >= 11 is 6.53. The van der Waals surface area contributed by atoms with Crippen molar-refractivity contribution in [2.75, 3.05) is 93.2 Å². The van der Waals surface area contributed by atoms with Gasteiger partial charge in [0.25, 0.3) is 5.91 Å². The van der Waals surface area contributed by atoms with Gasteiger partial charge in [-0.1, -0.05) is 23.7 Å². The molecule has 5 heterocycles. The van der Waals surface area contributed by atoms with Crippen LogP contribution in [0.1, 0.15) is 52.7 Å². The molecule has 1 atom stereocenters. The second kappa shape index (κ2) is 18.8. The molecule has 19 heteroatoms. The quantitative estimate of drug-likeness (QED) is 0.145. The molecule has 0 bridgehead atoms. The first kappa shape index (κ1) is 44.9. The zero-order chi connectivity index (χ0) is 45.3. The number of halogens is 1. The Morgan fingerprint density at radius 1 is 0.922 bits per heavy atom. The van der Waals surface area contributed by atoms with E-state index < -0.39 is 16.1 Å². The third-order valence-corrected chi connectivity index (χ3v) is 14.3. The molecule has 340 valence electrons. The molecule has 0 spiro atoms. The Morgan fingerprint density at radius 2 is 1.69 bits per heavy atom. The number of nitrogens with one attached hydrogen (secondary N) is 3. The van der Waals surface area contributed by atoms with Gasteiger partial charge in [0.2, 0.25) is 27.8 Å². The predicted octanol–water partition coefficient (Wildman–Crippen LogP) is 4.93. The third-order valence-electron chi connectivity index (χ3n) is 12.8. The average Bonchev–Trinajstić information content (AvgIpc) is 3.61. The van der Waals surface area contributed by atoms with Crippen LogP contribution in [0.25, 0.3) is 0 Å². The zero-order valence-electron chi connectivity index (χ0n) is 36.8. The van der Waals surface area contributed by atoms with Crippen LogP contribution in [0.5, 0.6) is 11.5 Å². The number of amides is 3. The summed E-state index contributed by atoms with van der Waals surface area (Å²) in [5.41, 5.74) is 6.48. The van der Waals surface area contributed by atoms with Gasteiger partial charge >= 0.3 is 0 Å². The molecule has 0 radical (unpaired) electrons. The van der Waals surface area contributed by atoms with Gasteiger partial charge in [-0.05, 0) is 73.6 Å². The molecule has 4 aliphatic heterocycles. The molecule has 1 aromatic heterocycles. The van der Waals surface area contributed by atoms with Crippen molar-refractivity contribution in [3.05, 3.63) is 82.0 Å². The number of hydrogen-bond donors (Lipinski definition) is 3. The van der Waals surface area contributed by atoms with Crippen molar-refractivity contribution in [3.63, 3.8) is 0 Å². The summed E-state index contributed by atoms with van der Waals surface area (Å²) < 4.78 is 37.3. The summed E-state index contributed by atoms with van der Waals surface area (Å²) in [7, 11) is 1.02. The van der Waals surface area contributed by atoms with Crippen molar-refractivity contribution in [3.8, 4) is 11.5 Å². The second-order valence-electron chi connectivity index (χ2n) is 16.8. The lowest BCUT2D eigenvalue weighted by Crippen LogP contribution is -2.53. The van der Waals surface area contributed by atoms with Gasteiger partial charge in [-0.25, -0.2) is 13.4 Å². The summed E-state index contributed by atoms with van der Waals surface area (Å²) in [5, 5.41) is 9.08. The Hall–Kier alpha value is -5.69. The van der Waals surface area contributed by atoms with Crippen molar-refractivity contribution < 1.29 is 32.3 Å². The molecule has 17 nitrogen and oxygen atoms in total. The maximum Gasteiger partial charge on any atom is 0.255 e. The number of ether oxygens (including phenoxy) is 2. The summed E-state index contributed by atoms with van der Waals surface area (Å²) in [6, 6.07) is 15.1. The standard InChI is InChI=1S/C45H55ClN10O7S/c1-28-22-36(49-45-47-26-34(46)42(51-45)48-35-9-7-32(62-3)24-39(35)52(2)64(5,60)61)40(63-4)25-38(28)55-16-13-31(14-17-55)54-20-18-53(19-21-54)15-12-29-6-8-33-30(23-29)27-56(44(33)59)37-10-11-41(57)50-43(37)58/h6-9,22-26,31,37H,10-21,27H2,1-5H3,(H,50,57,58)(H2,47,48,49,51). The Bertz CT molecular complexity index is 2550. The molecule has 0 saturated carbocycles. The van der Waals surface area contributed by atoms with Crippen molar-refractivity contribution in [1.82, 2.24) is 30.0 Å². The molecule has 1 unspecified atom stereocenters. The summed E-state index contributed by atoms with van der Waals surface area (Å²) in [5.74, 6) is 0.869. The third kappa shape index (κ3) is 9.69. The number of anilines is 6. The number of carbonyl (C=O) groups excluding carboxylic acids is 3. The smallest absolute Gasteiger partial charge is 0.255 e. The number of fused-ring (bicyclic) bond motifs is 1. The molecule has 4 aliphatic rings. The first-order valence-corrected chi connectivity index (χ1v) is 23.8. The number of piperazine rings is 1. The largest absolute Gasteiger partial charge is 0.497 e. The van der Waals surface area contributed by atoms with Gasteiger partial charge in [0.15, 0.2) is 5.82 Å². The number of aryl methyl sites for hydroxylation is 1. The number of benzene rings is 3. The number of sulfonamides is 1. The monoisotopic (exact) mass is 914 g/mol. The van der Waals surface area contributed by atoms with Gasteiger partial charge in [0.05, 0.1) is 43.7 Å². The van der Waals surface area contributed by atoms with Crippen molar-refractivity contribution in [1.29, 1.82) is 0 Å². The number of piperidine rings is 2. The van der Waals surface area contributed by atoms with Gasteiger partial charge in [0.1, 0.15) is 22.6 Å². The second-order valence-corrected chi connectivity index (χ2v) is 19.3. The van der Waals surface area contributed by atoms with Gasteiger partial charge in [-0.2, -0.15) is 4.98 Å². The van der Waals surface area contributed by atoms with E-state index in [1.165, 1.54) is 25.9 Å². The van der Waals surface area contributed by atoms with E-state index in [0.717, 1.165) is 92.5 Å². The lowest BCUT2D eigenvalue weighted by atomic mass is 10.00. The number of nitrogens with zero attached hydrogens (tertiary/aromatic N) is 7. The van der Waals surface area contributed by atoms with Crippen LogP contribution in [0.15, 0.2) is 54.7 Å². The number of rotatable bonds is 14. The fourth-order valence-corrected chi connectivity index (χ4v) is 9.77. The van der Waals surface area contributed by atoms with E-state index in [1.807, 2.05) is 18.2 Å². The number of carbonyl (C=O) groups is 3. The van der Waals surface area contributed by atoms with Crippen LogP contribution in [0, 0.1) is 6.92 Å². The van der Waals surface area contributed by atoms with Crippen molar-refractivity contribution >= 4 is 73.9 Å². The summed E-state index contributed by atoms with van der Waals surface area (Å²) in [6.45, 7) is 9.36. The van der Waals surface area contributed by atoms with Crippen molar-refractivity contribution in [2.24, 2.45) is 0 Å². The first-order valence-electron chi connectivity index (χ1n) is 21.5. The van der Waals surface area contributed by atoms with E-state index in [9.17, 15) is 22.8 Å². The highest BCUT2D eigenvalue weighted by Gasteiger charge is 2.39. The van der Waals surface area contributed by atoms with Crippen LogP contribution >= 0.6 is 11.6 Å². The fourth-order valence-electron chi connectivity index (χ4n) is 9.13. The lowest BCUT2D eigenvalue weighted by Gasteiger charge is -2.43. The normalized spacial score (nSPS) is 18.8. The first-order chi connectivity index (χ1) is 30.7. The van der Waals surface area contributed by atoms with Crippen LogP contribution < -0.4 is 34.6 Å². The molecule has 3 fully saturated rings. The Labute approximate surface area is 379 Å². The van der Waals surface area contributed by atoms with Gasteiger partial charge in [0, 0.05) is 95.3 Å². The molecular weight excluding hydrogens is 860 g/mol. The molecule has 3 amide bonds. The number of hydrogen-bond acceptors (Lipinski definition) is 14. The van der Waals surface area contributed by atoms with E-state index >= 15 is 0 Å². The van der Waals surface area contributed by atoms with Crippen LogP contribution in [0.4, 0.5) is 34.5 Å². The number of methoxy groups -OCH3 is 2. The molecular formula is C45H55ClN10O7S. The Morgan fingerprint density at radius 3 is 2.39 bits per heavy atom. The fraction of sp³-hybridized carbons (Fsp3) is 0.444. The maximum atomic E-state index is 13.1.